The van der Waals surface area contributed by atoms with Crippen LogP contribution in [0.4, 0.5) is 0 Å². The summed E-state index contributed by atoms with van der Waals surface area (Å²) < 4.78 is 26.9. The lowest BCUT2D eigenvalue weighted by Gasteiger charge is -2.15. The number of carbonyl (C=O) groups is 2. The summed E-state index contributed by atoms with van der Waals surface area (Å²) in [6.45, 7) is 3.46. The monoisotopic (exact) mass is 836 g/mol. The molecule has 9 nitrogen and oxygen atoms in total. The molecule has 0 heterocycles. The summed E-state index contributed by atoms with van der Waals surface area (Å²) >= 11 is 0. The fraction of sp³-hybridized carbons (Fsp3) is 0.750. The van der Waals surface area contributed by atoms with Crippen molar-refractivity contribution in [1.82, 2.24) is 5.32 Å². The van der Waals surface area contributed by atoms with E-state index in [0.717, 1.165) is 77.0 Å². The zero-order chi connectivity index (χ0) is 42.5. The van der Waals surface area contributed by atoms with E-state index in [1.165, 1.54) is 96.3 Å². The molecule has 1 amide bonds. The fourth-order valence-corrected chi connectivity index (χ4v) is 6.87. The van der Waals surface area contributed by atoms with Crippen LogP contribution in [0.1, 0.15) is 200 Å². The van der Waals surface area contributed by atoms with Gasteiger partial charge < -0.3 is 20.1 Å². The number of nitrogens with one attached hydrogen (secondary N) is 1. The molecule has 0 saturated carbocycles. The molecule has 0 fully saturated rings. The van der Waals surface area contributed by atoms with Crippen molar-refractivity contribution in [3.63, 3.8) is 0 Å². The minimum absolute atomic E-state index is 0.0716. The van der Waals surface area contributed by atoms with Crippen molar-refractivity contribution in [3.8, 4) is 0 Å². The average molecular weight is 836 g/mol. The highest BCUT2D eigenvalue weighted by atomic mass is 31.2. The van der Waals surface area contributed by atoms with Crippen LogP contribution >= 0.6 is 7.82 Å². The predicted molar refractivity (Wildman–Crippen MR) is 243 cm³/mol. The fourth-order valence-electron chi connectivity index (χ4n) is 6.11. The number of ether oxygens (including phenoxy) is 1. The first-order valence-electron chi connectivity index (χ1n) is 23.3. The lowest BCUT2D eigenvalue weighted by Crippen LogP contribution is -2.27. The van der Waals surface area contributed by atoms with Crippen LogP contribution in [0, 0.1) is 0 Å². The summed E-state index contributed by atoms with van der Waals surface area (Å²) in [5, 5.41) is 12.7. The first-order valence-corrected chi connectivity index (χ1v) is 24.8. The van der Waals surface area contributed by atoms with Gasteiger partial charge in [-0.2, -0.15) is 0 Å². The highest BCUT2D eigenvalue weighted by Gasteiger charge is 2.23. The number of esters is 1. The highest BCUT2D eigenvalue weighted by Crippen LogP contribution is 2.42. The minimum Gasteiger partial charge on any atom is -0.463 e. The molecule has 58 heavy (non-hydrogen) atoms. The van der Waals surface area contributed by atoms with Crippen molar-refractivity contribution in [2.24, 2.45) is 0 Å². The van der Waals surface area contributed by atoms with Gasteiger partial charge in [-0.25, -0.2) is 4.57 Å². The Kier molecular flexibility index (Phi) is 42.5. The molecule has 0 spiro atoms. The third-order valence-corrected chi connectivity index (χ3v) is 10.7. The third kappa shape index (κ3) is 44.8. The Morgan fingerprint density at radius 2 is 0.948 bits per heavy atom. The standard InChI is InChI=1S/C48H86NO8P/c1-3-5-7-9-11-13-15-17-19-20-21-22-23-24-25-26-27-29-31-33-35-37-39-41-48(52)55-44-46(50)45-57-58(53,54)56-43-42-49-47(51)40-38-36-34-32-30-28-18-16-14-12-10-8-6-4-2/h10-13,16-19,21-22,46,50H,3-9,14-15,20,23-45H2,1-2H3,(H,49,51)(H,53,54)/b12-10-,13-11-,18-16-,19-17-,22-21-. The van der Waals surface area contributed by atoms with E-state index in [1.54, 1.807) is 0 Å². The second-order valence-corrected chi connectivity index (χ2v) is 16.8. The Labute approximate surface area is 355 Å². The number of carbonyl (C=O) groups excluding carboxylic acids is 2. The lowest BCUT2D eigenvalue weighted by atomic mass is 10.1. The first kappa shape index (κ1) is 55.7. The molecule has 336 valence electrons. The van der Waals surface area contributed by atoms with E-state index < -0.39 is 26.5 Å². The molecule has 0 aromatic heterocycles. The van der Waals surface area contributed by atoms with E-state index in [2.05, 4.69) is 79.9 Å². The van der Waals surface area contributed by atoms with Crippen molar-refractivity contribution in [1.29, 1.82) is 0 Å². The normalized spacial score (nSPS) is 13.8. The van der Waals surface area contributed by atoms with Gasteiger partial charge in [-0.1, -0.05) is 171 Å². The van der Waals surface area contributed by atoms with Crippen LogP contribution in [0.15, 0.2) is 60.8 Å². The number of rotatable bonds is 43. The number of aliphatic hydroxyl groups excluding tert-OH is 1. The average Bonchev–Trinajstić information content (AvgIpc) is 3.21. The Balaban J connectivity index is 3.60. The maximum absolute atomic E-state index is 12.1. The molecule has 10 heteroatoms. The number of hydrogen-bond acceptors (Lipinski definition) is 7. The molecule has 0 radical (unpaired) electrons. The summed E-state index contributed by atoms with van der Waals surface area (Å²) in [6.07, 6.45) is 52.9. The van der Waals surface area contributed by atoms with Crippen molar-refractivity contribution in [2.45, 2.75) is 206 Å². The Hall–Kier alpha value is -2.29. The number of amides is 1. The number of phosphoric ester groups is 1. The van der Waals surface area contributed by atoms with E-state index in [0.29, 0.717) is 6.42 Å². The predicted octanol–water partition coefficient (Wildman–Crippen LogP) is 13.3. The van der Waals surface area contributed by atoms with Crippen molar-refractivity contribution in [2.75, 3.05) is 26.4 Å². The highest BCUT2D eigenvalue weighted by molar-refractivity contribution is 7.47. The van der Waals surface area contributed by atoms with Crippen LogP contribution in [0.5, 0.6) is 0 Å². The Morgan fingerprint density at radius 3 is 1.45 bits per heavy atom. The van der Waals surface area contributed by atoms with Crippen LogP contribution in [0.2, 0.25) is 0 Å². The number of hydrogen-bond donors (Lipinski definition) is 3. The molecule has 0 aliphatic heterocycles. The number of unbranched alkanes of at least 4 members (excludes halogenated alkanes) is 20. The van der Waals surface area contributed by atoms with E-state index in [-0.39, 0.29) is 32.1 Å². The molecule has 0 aliphatic rings. The van der Waals surface area contributed by atoms with Crippen LogP contribution in [0.3, 0.4) is 0 Å². The third-order valence-electron chi connectivity index (χ3n) is 9.67. The largest absolute Gasteiger partial charge is 0.472 e. The van der Waals surface area contributed by atoms with Gasteiger partial charge in [0.15, 0.2) is 0 Å². The lowest BCUT2D eigenvalue weighted by molar-refractivity contribution is -0.147. The van der Waals surface area contributed by atoms with Crippen LogP contribution < -0.4 is 5.32 Å². The molecule has 0 aromatic rings. The summed E-state index contributed by atoms with van der Waals surface area (Å²) in [4.78, 5) is 33.9. The zero-order valence-electron chi connectivity index (χ0n) is 37.0. The molecule has 3 N–H and O–H groups in total. The Bertz CT molecular complexity index is 1130. The molecule has 2 atom stereocenters. The van der Waals surface area contributed by atoms with Gasteiger partial charge in [0.25, 0.3) is 0 Å². The second kappa shape index (κ2) is 44.3. The van der Waals surface area contributed by atoms with E-state index >= 15 is 0 Å². The summed E-state index contributed by atoms with van der Waals surface area (Å²) in [5.74, 6) is -0.536. The van der Waals surface area contributed by atoms with Crippen LogP contribution in [-0.4, -0.2) is 54.3 Å². The van der Waals surface area contributed by atoms with Crippen LogP contribution in [-0.2, 0) is 27.9 Å². The first-order chi connectivity index (χ1) is 28.3. The quantitative estimate of drug-likeness (QED) is 0.0239. The molecular formula is C48H86NO8P. The van der Waals surface area contributed by atoms with E-state index in [1.807, 2.05) is 0 Å². The van der Waals surface area contributed by atoms with Crippen molar-refractivity contribution >= 4 is 19.7 Å². The maximum atomic E-state index is 12.1. The summed E-state index contributed by atoms with van der Waals surface area (Å²) in [7, 11) is -4.42. The topological polar surface area (TPSA) is 131 Å². The van der Waals surface area contributed by atoms with Gasteiger partial charge in [-0.05, 0) is 77.0 Å². The molecule has 0 saturated heterocycles. The van der Waals surface area contributed by atoms with Gasteiger partial charge in [0.1, 0.15) is 12.7 Å². The van der Waals surface area contributed by atoms with E-state index in [9.17, 15) is 24.2 Å². The number of phosphoric acid groups is 1. The van der Waals surface area contributed by atoms with Gasteiger partial charge in [0.05, 0.1) is 13.2 Å². The van der Waals surface area contributed by atoms with Crippen molar-refractivity contribution in [3.05, 3.63) is 60.8 Å². The maximum Gasteiger partial charge on any atom is 0.472 e. The smallest absolute Gasteiger partial charge is 0.463 e. The van der Waals surface area contributed by atoms with Crippen molar-refractivity contribution < 1.29 is 37.9 Å². The molecule has 0 aromatic carbocycles. The van der Waals surface area contributed by atoms with Gasteiger partial charge in [-0.3, -0.25) is 18.6 Å². The molecule has 0 bridgehead atoms. The summed E-state index contributed by atoms with van der Waals surface area (Å²) in [6, 6.07) is 0. The SMILES string of the molecule is CCCC/C=C\C/C=C\CCCCCCCC(=O)NCCOP(=O)(O)OCC(O)COC(=O)CCCCCCCCCCCC/C=C\C/C=C\C/C=C\CCCCC. The zero-order valence-corrected chi connectivity index (χ0v) is 37.9. The molecule has 0 aliphatic carbocycles. The molecule has 0 rings (SSSR count). The minimum atomic E-state index is -4.42. The Morgan fingerprint density at radius 1 is 0.534 bits per heavy atom. The summed E-state index contributed by atoms with van der Waals surface area (Å²) in [5.41, 5.74) is 0. The van der Waals surface area contributed by atoms with Gasteiger partial charge in [0.2, 0.25) is 5.91 Å². The molecular weight excluding hydrogens is 750 g/mol. The number of aliphatic hydroxyl groups is 1. The van der Waals surface area contributed by atoms with Crippen LogP contribution in [0.25, 0.3) is 0 Å². The van der Waals surface area contributed by atoms with Gasteiger partial charge >= 0.3 is 13.8 Å². The second-order valence-electron chi connectivity index (χ2n) is 15.4. The van der Waals surface area contributed by atoms with Gasteiger partial charge in [0, 0.05) is 19.4 Å². The number of allylic oxidation sites excluding steroid dienone is 10. The van der Waals surface area contributed by atoms with Gasteiger partial charge in [-0.15, -0.1) is 0 Å². The molecule has 2 unspecified atom stereocenters. The van der Waals surface area contributed by atoms with E-state index in [4.69, 9.17) is 13.8 Å².